The van der Waals surface area contributed by atoms with E-state index >= 15 is 0 Å². The molecule has 0 saturated heterocycles. The van der Waals surface area contributed by atoms with Crippen molar-refractivity contribution >= 4 is 23.2 Å². The molecule has 2 aromatic carbocycles. The standard InChI is InChI=1S/C19H18ClN5O3/c1-26-16-9-8-13(17(27-2)18(16)28-3)15-10-14(11-4-6-12(20)7-5-11)21-19-22-23-24-25(15)19/h4-10,15H,1-3H3,(H,21,22,24)/t15-/m0/s1. The fourth-order valence-electron chi connectivity index (χ4n) is 3.23. The van der Waals surface area contributed by atoms with Gasteiger partial charge in [0.2, 0.25) is 11.7 Å². The molecule has 1 atom stereocenters. The van der Waals surface area contributed by atoms with Gasteiger partial charge < -0.3 is 19.5 Å². The molecule has 1 N–H and O–H groups in total. The number of methoxy groups -OCH3 is 3. The van der Waals surface area contributed by atoms with E-state index in [2.05, 4.69) is 20.8 Å². The van der Waals surface area contributed by atoms with E-state index in [9.17, 15) is 0 Å². The summed E-state index contributed by atoms with van der Waals surface area (Å²) in [7, 11) is 4.75. The first-order valence-corrected chi connectivity index (χ1v) is 8.85. The number of allylic oxidation sites excluding steroid dienone is 1. The molecule has 1 aromatic heterocycles. The van der Waals surface area contributed by atoms with Gasteiger partial charge in [0, 0.05) is 16.3 Å². The van der Waals surface area contributed by atoms with Gasteiger partial charge in [0.05, 0.1) is 21.3 Å². The van der Waals surface area contributed by atoms with Crippen molar-refractivity contribution in [1.29, 1.82) is 0 Å². The van der Waals surface area contributed by atoms with Gasteiger partial charge in [0.1, 0.15) is 6.04 Å². The van der Waals surface area contributed by atoms with Crippen LogP contribution in [0.1, 0.15) is 17.2 Å². The van der Waals surface area contributed by atoms with Gasteiger partial charge in [-0.2, -0.15) is 4.68 Å². The van der Waals surface area contributed by atoms with Crippen molar-refractivity contribution in [3.63, 3.8) is 0 Å². The Kier molecular flexibility index (Phi) is 4.79. The second kappa shape index (κ2) is 7.40. The average molecular weight is 400 g/mol. The highest BCUT2D eigenvalue weighted by Crippen LogP contribution is 2.44. The Hall–Kier alpha value is -3.26. The largest absolute Gasteiger partial charge is 0.493 e. The number of hydrogen-bond acceptors (Lipinski definition) is 7. The Labute approximate surface area is 166 Å². The molecule has 1 aliphatic rings. The van der Waals surface area contributed by atoms with Crippen molar-refractivity contribution in [3.8, 4) is 17.2 Å². The minimum Gasteiger partial charge on any atom is -0.493 e. The van der Waals surface area contributed by atoms with E-state index in [-0.39, 0.29) is 6.04 Å². The highest BCUT2D eigenvalue weighted by Gasteiger charge is 2.29. The summed E-state index contributed by atoms with van der Waals surface area (Å²) in [5.74, 6) is 2.17. The van der Waals surface area contributed by atoms with Crippen LogP contribution in [0.2, 0.25) is 5.02 Å². The maximum atomic E-state index is 6.02. The minimum absolute atomic E-state index is 0.313. The normalized spacial score (nSPS) is 15.3. The van der Waals surface area contributed by atoms with Gasteiger partial charge in [0.15, 0.2) is 11.5 Å². The van der Waals surface area contributed by atoms with Crippen LogP contribution >= 0.6 is 11.6 Å². The van der Waals surface area contributed by atoms with Crippen LogP contribution < -0.4 is 19.5 Å². The highest BCUT2D eigenvalue weighted by atomic mass is 35.5. The molecule has 0 fully saturated rings. The lowest BCUT2D eigenvalue weighted by Gasteiger charge is -2.25. The van der Waals surface area contributed by atoms with E-state index < -0.39 is 0 Å². The summed E-state index contributed by atoms with van der Waals surface area (Å²) in [5, 5.41) is 15.9. The van der Waals surface area contributed by atoms with Crippen molar-refractivity contribution in [2.45, 2.75) is 6.04 Å². The van der Waals surface area contributed by atoms with Crippen LogP contribution in [0.15, 0.2) is 42.5 Å². The van der Waals surface area contributed by atoms with E-state index in [4.69, 9.17) is 25.8 Å². The highest BCUT2D eigenvalue weighted by molar-refractivity contribution is 6.30. The van der Waals surface area contributed by atoms with Crippen LogP contribution in [0.3, 0.4) is 0 Å². The van der Waals surface area contributed by atoms with Crippen LogP contribution in [0.25, 0.3) is 5.70 Å². The summed E-state index contributed by atoms with van der Waals surface area (Å²) >= 11 is 6.02. The SMILES string of the molecule is COc1ccc([C@@H]2C=C(c3ccc(Cl)cc3)Nc3nnnn32)c(OC)c1OC. The van der Waals surface area contributed by atoms with Crippen molar-refractivity contribution in [1.82, 2.24) is 20.2 Å². The summed E-state index contributed by atoms with van der Waals surface area (Å²) in [4.78, 5) is 0. The van der Waals surface area contributed by atoms with Gasteiger partial charge in [-0.05, 0) is 46.3 Å². The van der Waals surface area contributed by atoms with E-state index in [1.54, 1.807) is 26.0 Å². The monoisotopic (exact) mass is 399 g/mol. The predicted octanol–water partition coefficient (Wildman–Crippen LogP) is 3.41. The summed E-state index contributed by atoms with van der Waals surface area (Å²) in [6, 6.07) is 11.0. The number of nitrogens with one attached hydrogen (secondary N) is 1. The van der Waals surface area contributed by atoms with E-state index in [1.165, 1.54) is 0 Å². The summed E-state index contributed by atoms with van der Waals surface area (Å²) in [6.07, 6.45) is 2.02. The molecule has 4 rings (SSSR count). The molecular weight excluding hydrogens is 382 g/mol. The zero-order valence-electron chi connectivity index (χ0n) is 15.5. The second-order valence-electron chi connectivity index (χ2n) is 6.03. The smallest absolute Gasteiger partial charge is 0.248 e. The van der Waals surface area contributed by atoms with Crippen molar-refractivity contribution in [2.24, 2.45) is 0 Å². The molecule has 3 aromatic rings. The van der Waals surface area contributed by atoms with Crippen molar-refractivity contribution in [3.05, 3.63) is 58.6 Å². The van der Waals surface area contributed by atoms with Crippen LogP contribution in [0.5, 0.6) is 17.2 Å². The Morgan fingerprint density at radius 1 is 0.964 bits per heavy atom. The molecule has 2 heterocycles. The number of aromatic nitrogens is 4. The molecule has 8 nitrogen and oxygen atoms in total. The molecule has 0 radical (unpaired) electrons. The van der Waals surface area contributed by atoms with Crippen molar-refractivity contribution < 1.29 is 14.2 Å². The van der Waals surface area contributed by atoms with E-state index in [0.29, 0.717) is 28.2 Å². The molecule has 144 valence electrons. The van der Waals surface area contributed by atoms with Crippen LogP contribution in [0.4, 0.5) is 5.95 Å². The third-order valence-corrected chi connectivity index (χ3v) is 4.79. The number of fused-ring (bicyclic) bond motifs is 1. The van der Waals surface area contributed by atoms with Crippen LogP contribution in [-0.2, 0) is 0 Å². The van der Waals surface area contributed by atoms with E-state index in [1.807, 2.05) is 42.5 Å². The van der Waals surface area contributed by atoms with Gasteiger partial charge in [0.25, 0.3) is 0 Å². The van der Waals surface area contributed by atoms with Gasteiger partial charge in [-0.3, -0.25) is 0 Å². The predicted molar refractivity (Wildman–Crippen MR) is 105 cm³/mol. The summed E-state index contributed by atoms with van der Waals surface area (Å²) < 4.78 is 18.2. The number of nitrogens with zero attached hydrogens (tertiary/aromatic N) is 4. The third-order valence-electron chi connectivity index (χ3n) is 4.54. The second-order valence-corrected chi connectivity index (χ2v) is 6.46. The number of ether oxygens (including phenoxy) is 3. The average Bonchev–Trinajstić information content (AvgIpc) is 3.21. The number of benzene rings is 2. The Bertz CT molecular complexity index is 1030. The Morgan fingerprint density at radius 2 is 1.71 bits per heavy atom. The summed E-state index contributed by atoms with van der Waals surface area (Å²) in [5.41, 5.74) is 2.66. The molecule has 0 spiro atoms. The molecular formula is C19H18ClN5O3. The molecule has 0 amide bonds. The Balaban J connectivity index is 1.87. The van der Waals surface area contributed by atoms with Gasteiger partial charge >= 0.3 is 0 Å². The lowest BCUT2D eigenvalue weighted by atomic mass is 10.00. The molecule has 0 unspecified atom stereocenters. The van der Waals surface area contributed by atoms with Crippen molar-refractivity contribution in [2.75, 3.05) is 26.6 Å². The first kappa shape index (κ1) is 18.1. The number of anilines is 1. The lowest BCUT2D eigenvalue weighted by molar-refractivity contribution is 0.320. The van der Waals surface area contributed by atoms with Crippen LogP contribution in [0, 0.1) is 0 Å². The molecule has 9 heteroatoms. The van der Waals surface area contributed by atoms with Gasteiger partial charge in [-0.15, -0.1) is 0 Å². The number of hydrogen-bond donors (Lipinski definition) is 1. The Morgan fingerprint density at radius 3 is 2.39 bits per heavy atom. The number of halogens is 1. The number of rotatable bonds is 5. The summed E-state index contributed by atoms with van der Waals surface area (Å²) in [6.45, 7) is 0. The van der Waals surface area contributed by atoms with Crippen LogP contribution in [-0.4, -0.2) is 41.5 Å². The zero-order chi connectivity index (χ0) is 19.7. The maximum Gasteiger partial charge on any atom is 0.248 e. The lowest BCUT2D eigenvalue weighted by Crippen LogP contribution is -2.21. The quantitative estimate of drug-likeness (QED) is 0.703. The molecule has 1 aliphatic heterocycles. The zero-order valence-corrected chi connectivity index (χ0v) is 16.3. The third kappa shape index (κ3) is 3.01. The molecule has 0 bridgehead atoms. The first-order chi connectivity index (χ1) is 13.7. The minimum atomic E-state index is -0.313. The first-order valence-electron chi connectivity index (χ1n) is 8.47. The van der Waals surface area contributed by atoms with E-state index in [0.717, 1.165) is 16.8 Å². The molecule has 0 aliphatic carbocycles. The number of tetrazole rings is 1. The molecule has 0 saturated carbocycles. The fourth-order valence-corrected chi connectivity index (χ4v) is 3.36. The van der Waals surface area contributed by atoms with Gasteiger partial charge in [-0.25, -0.2) is 0 Å². The fraction of sp³-hybridized carbons (Fsp3) is 0.211. The maximum absolute atomic E-state index is 6.02. The topological polar surface area (TPSA) is 83.3 Å². The molecule has 28 heavy (non-hydrogen) atoms. The van der Waals surface area contributed by atoms with Gasteiger partial charge in [-0.1, -0.05) is 28.8 Å².